The van der Waals surface area contributed by atoms with E-state index in [1.807, 2.05) is 12.1 Å². The van der Waals surface area contributed by atoms with Gasteiger partial charge in [0.1, 0.15) is 5.02 Å². The van der Waals surface area contributed by atoms with E-state index in [4.69, 9.17) is 23.2 Å². The average Bonchev–Trinajstić information content (AvgIpc) is 2.87. The first-order valence-electron chi connectivity index (χ1n) is 7.40. The number of amides is 2. The highest BCUT2D eigenvalue weighted by Gasteiger charge is 2.35. The molecule has 0 saturated carbocycles. The van der Waals surface area contributed by atoms with E-state index in [1.165, 1.54) is 18.2 Å². The Kier molecular flexibility index (Phi) is 5.90. The highest BCUT2D eigenvalue weighted by Crippen LogP contribution is 2.39. The number of hydrogen-bond donors (Lipinski definition) is 0. The predicted molar refractivity (Wildman–Crippen MR) is 109 cm³/mol. The number of nitro benzene ring substituents is 1. The maximum atomic E-state index is 12.7. The third-order valence-electron chi connectivity index (χ3n) is 3.74. The molecule has 1 heterocycles. The zero-order chi connectivity index (χ0) is 19.7. The Bertz CT molecular complexity index is 1010. The summed E-state index contributed by atoms with van der Waals surface area (Å²) in [5, 5.41) is 10.6. The Morgan fingerprint density at radius 2 is 1.89 bits per heavy atom. The molecule has 3 rings (SSSR count). The molecule has 0 N–H and O–H groups in total. The number of carbonyl (C=O) groups is 2. The fourth-order valence-electron chi connectivity index (χ4n) is 2.40. The molecule has 1 saturated heterocycles. The van der Waals surface area contributed by atoms with Crippen molar-refractivity contribution >= 4 is 73.8 Å². The van der Waals surface area contributed by atoms with Crippen molar-refractivity contribution in [2.24, 2.45) is 0 Å². The van der Waals surface area contributed by atoms with Crippen LogP contribution in [-0.4, -0.2) is 21.0 Å². The number of thioether (sulfide) groups is 1. The normalized spacial score (nSPS) is 15.7. The zero-order valence-corrected chi connectivity index (χ0v) is 17.2. The Hall–Kier alpha value is -1.87. The molecule has 0 unspecified atom stereocenters. The molecule has 0 radical (unpaired) electrons. The van der Waals surface area contributed by atoms with Gasteiger partial charge in [-0.3, -0.25) is 24.6 Å². The van der Waals surface area contributed by atoms with E-state index < -0.39 is 16.1 Å². The van der Waals surface area contributed by atoms with Crippen molar-refractivity contribution in [2.45, 2.75) is 6.54 Å². The molecule has 2 amide bonds. The molecule has 10 heteroatoms. The molecule has 2 aromatic rings. The Balaban J connectivity index is 1.95. The van der Waals surface area contributed by atoms with Crippen LogP contribution in [0.25, 0.3) is 6.08 Å². The van der Waals surface area contributed by atoms with Crippen molar-refractivity contribution in [3.05, 3.63) is 77.1 Å². The van der Waals surface area contributed by atoms with Crippen LogP contribution in [0.15, 0.2) is 45.8 Å². The predicted octanol–water partition coefficient (Wildman–Crippen LogP) is 5.90. The van der Waals surface area contributed by atoms with Crippen LogP contribution in [0.3, 0.4) is 0 Å². The molecule has 6 nitrogen and oxygen atoms in total. The largest absolute Gasteiger partial charge is 0.293 e. The first-order valence-corrected chi connectivity index (χ1v) is 9.77. The summed E-state index contributed by atoms with van der Waals surface area (Å²) < 4.78 is 0.776. The second-order valence-corrected chi connectivity index (χ2v) is 8.04. The van der Waals surface area contributed by atoms with Gasteiger partial charge in [0.05, 0.1) is 16.4 Å². The summed E-state index contributed by atoms with van der Waals surface area (Å²) in [5.74, 6) is -0.514. The summed E-state index contributed by atoms with van der Waals surface area (Å²) in [5.41, 5.74) is 0.561. The molecule has 0 spiro atoms. The second kappa shape index (κ2) is 8.02. The van der Waals surface area contributed by atoms with E-state index in [1.54, 1.807) is 12.1 Å². The van der Waals surface area contributed by atoms with Gasteiger partial charge in [0.2, 0.25) is 0 Å². The van der Waals surface area contributed by atoms with Crippen LogP contribution < -0.4 is 0 Å². The van der Waals surface area contributed by atoms with Gasteiger partial charge in [0.15, 0.2) is 0 Å². The zero-order valence-electron chi connectivity index (χ0n) is 13.3. The monoisotopic (exact) mass is 486 g/mol. The number of carbonyl (C=O) groups excluding carboxylic acids is 2. The molecular weight excluding hydrogens is 479 g/mol. The molecular formula is C17H9BrCl2N2O4S. The quantitative estimate of drug-likeness (QED) is 0.304. The molecule has 0 aliphatic carbocycles. The Morgan fingerprint density at radius 1 is 1.19 bits per heavy atom. The summed E-state index contributed by atoms with van der Waals surface area (Å²) in [7, 11) is 0. The summed E-state index contributed by atoms with van der Waals surface area (Å²) in [6.07, 6.45) is 1.31. The van der Waals surface area contributed by atoms with E-state index in [9.17, 15) is 19.7 Å². The SMILES string of the molecule is O=C1S/C(=C\c2c(Cl)ccc([N+](=O)[O-])c2Cl)C(=O)N1Cc1ccccc1Br. The number of nitro groups is 1. The fourth-order valence-corrected chi connectivity index (χ4v) is 4.17. The number of imide groups is 1. The molecule has 0 aromatic heterocycles. The molecule has 1 fully saturated rings. The fraction of sp³-hybridized carbons (Fsp3) is 0.0588. The van der Waals surface area contributed by atoms with Crippen molar-refractivity contribution in [3.8, 4) is 0 Å². The molecule has 1 aliphatic rings. The van der Waals surface area contributed by atoms with Crippen molar-refractivity contribution in [1.82, 2.24) is 4.90 Å². The number of halogens is 3. The van der Waals surface area contributed by atoms with Crippen molar-refractivity contribution in [1.29, 1.82) is 0 Å². The van der Waals surface area contributed by atoms with Gasteiger partial charge >= 0.3 is 0 Å². The van der Waals surface area contributed by atoms with Crippen molar-refractivity contribution in [3.63, 3.8) is 0 Å². The van der Waals surface area contributed by atoms with Gasteiger partial charge < -0.3 is 0 Å². The standard InChI is InChI=1S/C17H9BrCl2N2O4S/c18-11-4-2-1-3-9(11)8-21-16(23)14(27-17(21)24)7-10-12(19)5-6-13(15(10)20)22(25)26/h1-7H,8H2/b14-7-. The van der Waals surface area contributed by atoms with E-state index in [0.717, 1.165) is 26.7 Å². The van der Waals surface area contributed by atoms with Gasteiger partial charge in [0, 0.05) is 21.1 Å². The van der Waals surface area contributed by atoms with Gasteiger partial charge in [0.25, 0.3) is 16.8 Å². The van der Waals surface area contributed by atoms with Crippen LogP contribution >= 0.6 is 50.9 Å². The van der Waals surface area contributed by atoms with E-state index in [-0.39, 0.29) is 32.7 Å². The van der Waals surface area contributed by atoms with Crippen LogP contribution in [0.4, 0.5) is 10.5 Å². The number of nitrogens with zero attached hydrogens (tertiary/aromatic N) is 2. The van der Waals surface area contributed by atoms with Crippen LogP contribution in [-0.2, 0) is 11.3 Å². The minimum atomic E-state index is -0.644. The molecule has 27 heavy (non-hydrogen) atoms. The van der Waals surface area contributed by atoms with Gasteiger partial charge in [-0.15, -0.1) is 0 Å². The van der Waals surface area contributed by atoms with Gasteiger partial charge in [-0.1, -0.05) is 57.3 Å². The lowest BCUT2D eigenvalue weighted by atomic mass is 10.1. The Labute approximate surface area is 176 Å². The molecule has 1 aliphatic heterocycles. The van der Waals surface area contributed by atoms with E-state index in [2.05, 4.69) is 15.9 Å². The summed E-state index contributed by atoms with van der Waals surface area (Å²) in [6.45, 7) is 0.0971. The van der Waals surface area contributed by atoms with Crippen LogP contribution in [0.1, 0.15) is 11.1 Å². The maximum absolute atomic E-state index is 12.7. The van der Waals surface area contributed by atoms with E-state index >= 15 is 0 Å². The topological polar surface area (TPSA) is 80.5 Å². The Morgan fingerprint density at radius 3 is 2.56 bits per heavy atom. The third-order valence-corrected chi connectivity index (χ3v) is 6.15. The third kappa shape index (κ3) is 4.03. The highest BCUT2D eigenvalue weighted by atomic mass is 79.9. The minimum Gasteiger partial charge on any atom is -0.268 e. The van der Waals surface area contributed by atoms with Gasteiger partial charge in [-0.05, 0) is 35.5 Å². The summed E-state index contributed by atoms with van der Waals surface area (Å²) in [6, 6.07) is 9.74. The number of rotatable bonds is 4. The van der Waals surface area contributed by atoms with Gasteiger partial charge in [-0.2, -0.15) is 0 Å². The van der Waals surface area contributed by atoms with Crippen molar-refractivity contribution < 1.29 is 14.5 Å². The lowest BCUT2D eigenvalue weighted by Crippen LogP contribution is -2.27. The van der Waals surface area contributed by atoms with Crippen LogP contribution in [0.5, 0.6) is 0 Å². The first-order chi connectivity index (χ1) is 12.8. The summed E-state index contributed by atoms with van der Waals surface area (Å²) in [4.78, 5) is 36.5. The number of hydrogen-bond acceptors (Lipinski definition) is 5. The minimum absolute atomic E-state index is 0.0938. The second-order valence-electron chi connectivity index (χ2n) is 5.41. The maximum Gasteiger partial charge on any atom is 0.293 e. The van der Waals surface area contributed by atoms with E-state index in [0.29, 0.717) is 0 Å². The number of benzene rings is 2. The van der Waals surface area contributed by atoms with Crippen LogP contribution in [0.2, 0.25) is 10.0 Å². The smallest absolute Gasteiger partial charge is 0.268 e. The van der Waals surface area contributed by atoms with Gasteiger partial charge in [-0.25, -0.2) is 0 Å². The van der Waals surface area contributed by atoms with Crippen molar-refractivity contribution in [2.75, 3.05) is 0 Å². The lowest BCUT2D eigenvalue weighted by molar-refractivity contribution is -0.384. The molecule has 138 valence electrons. The van der Waals surface area contributed by atoms with Crippen LogP contribution in [0, 0.1) is 10.1 Å². The first kappa shape index (κ1) is 19.9. The lowest BCUT2D eigenvalue weighted by Gasteiger charge is -2.13. The highest BCUT2D eigenvalue weighted by molar-refractivity contribution is 9.10. The molecule has 2 aromatic carbocycles. The molecule has 0 bridgehead atoms. The average molecular weight is 488 g/mol. The summed E-state index contributed by atoms with van der Waals surface area (Å²) >= 11 is 16.3. The molecule has 0 atom stereocenters.